The van der Waals surface area contributed by atoms with Gasteiger partial charge in [-0.2, -0.15) is 0 Å². The Bertz CT molecular complexity index is 766. The molecule has 1 saturated heterocycles. The van der Waals surface area contributed by atoms with Crippen LogP contribution in [-0.2, 0) is 11.3 Å². The van der Waals surface area contributed by atoms with Gasteiger partial charge in [0.05, 0.1) is 12.6 Å². The molecule has 0 aliphatic carbocycles. The van der Waals surface area contributed by atoms with Crippen LogP contribution in [0, 0.1) is 0 Å². The van der Waals surface area contributed by atoms with E-state index in [1.807, 2.05) is 30.3 Å². The molecule has 0 bridgehead atoms. The number of thiocarbonyl (C=S) groups is 1. The molecule has 0 saturated carbocycles. The predicted octanol–water partition coefficient (Wildman–Crippen LogP) is 2.87. The first-order chi connectivity index (χ1) is 12.8. The smallest absolute Gasteiger partial charge is 0.231 e. The molecule has 7 heteroatoms. The Kier molecular flexibility index (Phi) is 5.17. The van der Waals surface area contributed by atoms with Crippen molar-refractivity contribution in [1.29, 1.82) is 0 Å². The fraction of sp³-hybridized carbons (Fsp3) is 0.368. The summed E-state index contributed by atoms with van der Waals surface area (Å²) in [5.74, 6) is 1.50. The number of fused-ring (bicyclic) bond motifs is 1. The third kappa shape index (κ3) is 3.89. The van der Waals surface area contributed by atoms with E-state index in [4.69, 9.17) is 26.4 Å². The molecule has 0 amide bonds. The Morgan fingerprint density at radius 3 is 2.85 bits per heavy atom. The van der Waals surface area contributed by atoms with Crippen molar-refractivity contribution in [3.63, 3.8) is 0 Å². The molecule has 26 heavy (non-hydrogen) atoms. The number of benzene rings is 1. The van der Waals surface area contributed by atoms with E-state index in [9.17, 15) is 0 Å². The molecule has 2 aliphatic heterocycles. The standard InChI is InChI=1S/C19H21N3O3S/c26-19(21-11-16-2-1-9-23-16)22(12-14-5-7-20-8-6-14)15-3-4-17-18(10-15)25-13-24-17/h3-8,10,16H,1-2,9,11-13H2,(H,21,26)/t16-/m1/s1. The lowest BCUT2D eigenvalue weighted by Crippen LogP contribution is -2.42. The van der Waals surface area contributed by atoms with Crippen LogP contribution in [-0.4, -0.2) is 36.1 Å². The number of aromatic nitrogens is 1. The van der Waals surface area contributed by atoms with Crippen molar-refractivity contribution in [2.75, 3.05) is 24.8 Å². The lowest BCUT2D eigenvalue weighted by Gasteiger charge is -2.27. The molecule has 0 radical (unpaired) electrons. The minimum atomic E-state index is 0.229. The summed E-state index contributed by atoms with van der Waals surface area (Å²) in [5.41, 5.74) is 2.08. The maximum atomic E-state index is 5.69. The maximum absolute atomic E-state index is 5.69. The van der Waals surface area contributed by atoms with Crippen LogP contribution in [0.4, 0.5) is 5.69 Å². The molecule has 1 aromatic carbocycles. The summed E-state index contributed by atoms with van der Waals surface area (Å²) in [5, 5.41) is 4.02. The normalized spacial score (nSPS) is 17.9. The van der Waals surface area contributed by atoms with Gasteiger partial charge in [-0.15, -0.1) is 0 Å². The number of pyridine rings is 1. The molecule has 4 rings (SSSR count). The molecule has 1 aromatic heterocycles. The molecular formula is C19H21N3O3S. The Labute approximate surface area is 158 Å². The molecule has 6 nitrogen and oxygen atoms in total. The van der Waals surface area contributed by atoms with Gasteiger partial charge in [-0.25, -0.2) is 0 Å². The minimum absolute atomic E-state index is 0.229. The van der Waals surface area contributed by atoms with Crippen molar-refractivity contribution >= 4 is 23.0 Å². The summed E-state index contributed by atoms with van der Waals surface area (Å²) in [4.78, 5) is 6.14. The average Bonchev–Trinajstić information content (AvgIpc) is 3.36. The molecule has 1 atom stereocenters. The van der Waals surface area contributed by atoms with E-state index >= 15 is 0 Å². The predicted molar refractivity (Wildman–Crippen MR) is 103 cm³/mol. The SMILES string of the molecule is S=C(NC[C@H]1CCCO1)N(Cc1ccncc1)c1ccc2c(c1)OCO2. The third-order valence-electron chi connectivity index (χ3n) is 4.51. The molecule has 0 unspecified atom stereocenters. The van der Waals surface area contributed by atoms with E-state index in [2.05, 4.69) is 15.2 Å². The molecule has 2 aliphatic rings. The largest absolute Gasteiger partial charge is 0.454 e. The molecule has 2 aromatic rings. The highest BCUT2D eigenvalue weighted by Crippen LogP contribution is 2.36. The minimum Gasteiger partial charge on any atom is -0.454 e. The zero-order chi connectivity index (χ0) is 17.8. The number of anilines is 1. The van der Waals surface area contributed by atoms with Gasteiger partial charge in [0.15, 0.2) is 16.6 Å². The van der Waals surface area contributed by atoms with Gasteiger partial charge < -0.3 is 24.4 Å². The van der Waals surface area contributed by atoms with Gasteiger partial charge in [0.1, 0.15) is 0 Å². The second-order valence-electron chi connectivity index (χ2n) is 6.30. The number of ether oxygens (including phenoxy) is 3. The quantitative estimate of drug-likeness (QED) is 0.811. The Hall–Kier alpha value is -2.38. The molecule has 1 fully saturated rings. The zero-order valence-electron chi connectivity index (χ0n) is 14.4. The summed E-state index contributed by atoms with van der Waals surface area (Å²) in [6.07, 6.45) is 5.99. The van der Waals surface area contributed by atoms with E-state index in [1.165, 1.54) is 0 Å². The first-order valence-electron chi connectivity index (χ1n) is 8.75. The first-order valence-corrected chi connectivity index (χ1v) is 9.16. The summed E-state index contributed by atoms with van der Waals surface area (Å²) >= 11 is 5.69. The van der Waals surface area contributed by atoms with E-state index in [1.54, 1.807) is 12.4 Å². The summed E-state index contributed by atoms with van der Waals surface area (Å²) in [6, 6.07) is 9.85. The van der Waals surface area contributed by atoms with Crippen molar-refractivity contribution in [3.8, 4) is 11.5 Å². The number of rotatable bonds is 5. The Balaban J connectivity index is 1.53. The molecule has 3 heterocycles. The van der Waals surface area contributed by atoms with E-state index in [-0.39, 0.29) is 12.9 Å². The summed E-state index contributed by atoms with van der Waals surface area (Å²) in [7, 11) is 0. The second-order valence-corrected chi connectivity index (χ2v) is 6.69. The first kappa shape index (κ1) is 17.1. The van der Waals surface area contributed by atoms with Crippen molar-refractivity contribution in [1.82, 2.24) is 10.3 Å². The van der Waals surface area contributed by atoms with Crippen molar-refractivity contribution in [3.05, 3.63) is 48.3 Å². The van der Waals surface area contributed by atoms with Crippen molar-refractivity contribution < 1.29 is 14.2 Å². The van der Waals surface area contributed by atoms with Crippen LogP contribution >= 0.6 is 12.2 Å². The van der Waals surface area contributed by atoms with Gasteiger partial charge in [0, 0.05) is 37.3 Å². The fourth-order valence-electron chi connectivity index (χ4n) is 3.11. The monoisotopic (exact) mass is 371 g/mol. The molecular weight excluding hydrogens is 350 g/mol. The Morgan fingerprint density at radius 2 is 2.04 bits per heavy atom. The Morgan fingerprint density at radius 1 is 1.19 bits per heavy atom. The van der Waals surface area contributed by atoms with Gasteiger partial charge in [0.25, 0.3) is 0 Å². The molecule has 1 N–H and O–H groups in total. The average molecular weight is 371 g/mol. The van der Waals surface area contributed by atoms with Gasteiger partial charge in [0.2, 0.25) is 6.79 Å². The lowest BCUT2D eigenvalue weighted by molar-refractivity contribution is 0.114. The highest BCUT2D eigenvalue weighted by atomic mass is 32.1. The van der Waals surface area contributed by atoms with Crippen molar-refractivity contribution in [2.24, 2.45) is 0 Å². The summed E-state index contributed by atoms with van der Waals surface area (Å²) in [6.45, 7) is 2.45. The highest BCUT2D eigenvalue weighted by molar-refractivity contribution is 7.80. The molecule has 0 spiro atoms. The van der Waals surface area contributed by atoms with E-state index in [0.717, 1.165) is 48.7 Å². The van der Waals surface area contributed by atoms with Gasteiger partial charge in [-0.05, 0) is 54.9 Å². The zero-order valence-corrected chi connectivity index (χ0v) is 15.2. The second kappa shape index (κ2) is 7.88. The van der Waals surface area contributed by atoms with Gasteiger partial charge in [-0.3, -0.25) is 4.98 Å². The van der Waals surface area contributed by atoms with Crippen LogP contribution in [0.25, 0.3) is 0 Å². The number of hydrogen-bond donors (Lipinski definition) is 1. The lowest BCUT2D eigenvalue weighted by atomic mass is 10.2. The topological polar surface area (TPSA) is 55.9 Å². The van der Waals surface area contributed by atoms with Crippen molar-refractivity contribution in [2.45, 2.75) is 25.5 Å². The van der Waals surface area contributed by atoms with E-state index < -0.39 is 0 Å². The number of hydrogen-bond acceptors (Lipinski definition) is 5. The fourth-order valence-corrected chi connectivity index (χ4v) is 3.36. The number of nitrogens with zero attached hydrogens (tertiary/aromatic N) is 2. The highest BCUT2D eigenvalue weighted by Gasteiger charge is 2.20. The van der Waals surface area contributed by atoms with Gasteiger partial charge in [-0.1, -0.05) is 0 Å². The van der Waals surface area contributed by atoms with E-state index in [0.29, 0.717) is 11.7 Å². The molecule has 136 valence electrons. The third-order valence-corrected chi connectivity index (χ3v) is 4.87. The van der Waals surface area contributed by atoms with Crippen LogP contribution in [0.3, 0.4) is 0 Å². The van der Waals surface area contributed by atoms with Gasteiger partial charge >= 0.3 is 0 Å². The maximum Gasteiger partial charge on any atom is 0.231 e. The van der Waals surface area contributed by atoms with Crippen LogP contribution in [0.1, 0.15) is 18.4 Å². The van der Waals surface area contributed by atoms with Crippen LogP contribution in [0.15, 0.2) is 42.7 Å². The number of nitrogens with one attached hydrogen (secondary N) is 1. The van der Waals surface area contributed by atoms with Crippen LogP contribution in [0.2, 0.25) is 0 Å². The van der Waals surface area contributed by atoms with Crippen LogP contribution in [0.5, 0.6) is 11.5 Å². The summed E-state index contributed by atoms with van der Waals surface area (Å²) < 4.78 is 16.6. The van der Waals surface area contributed by atoms with Crippen LogP contribution < -0.4 is 19.7 Å².